The van der Waals surface area contributed by atoms with Gasteiger partial charge in [0.25, 0.3) is 0 Å². The van der Waals surface area contributed by atoms with Gasteiger partial charge in [0.2, 0.25) is 5.90 Å². The summed E-state index contributed by atoms with van der Waals surface area (Å²) in [6, 6.07) is 12.5. The Hall–Kier alpha value is -3.89. The van der Waals surface area contributed by atoms with Crippen molar-refractivity contribution in [3.05, 3.63) is 65.5 Å². The molecule has 2 amide bonds. The van der Waals surface area contributed by atoms with Gasteiger partial charge in [-0.05, 0) is 37.6 Å². The average Bonchev–Trinajstić information content (AvgIpc) is 2.83. The summed E-state index contributed by atoms with van der Waals surface area (Å²) in [5.74, 6) is 12.0. The van der Waals surface area contributed by atoms with Crippen molar-refractivity contribution in [1.29, 1.82) is 0 Å². The molecule has 0 unspecified atom stereocenters. The number of ether oxygens (including phenoxy) is 1. The van der Waals surface area contributed by atoms with Crippen LogP contribution >= 0.6 is 0 Å². The molecule has 0 bridgehead atoms. The Morgan fingerprint density at radius 1 is 1.09 bits per heavy atom. The average molecular weight is 449 g/mol. The molecule has 4 N–H and O–H groups in total. The van der Waals surface area contributed by atoms with Crippen LogP contribution < -0.4 is 16.7 Å². The Bertz CT molecular complexity index is 1210. The predicted molar refractivity (Wildman–Crippen MR) is 129 cm³/mol. The van der Waals surface area contributed by atoms with Crippen molar-refractivity contribution in [3.8, 4) is 0 Å². The number of nitrogens with zero attached hydrogens (tertiary/aromatic N) is 6. The molecular formula is C23H28N8O2. The number of urea groups is 1. The van der Waals surface area contributed by atoms with E-state index in [0.717, 1.165) is 32.2 Å². The van der Waals surface area contributed by atoms with Gasteiger partial charge in [-0.15, -0.1) is 5.10 Å². The fourth-order valence-electron chi connectivity index (χ4n) is 3.04. The summed E-state index contributed by atoms with van der Waals surface area (Å²) in [5, 5.41) is 10.4. The first-order chi connectivity index (χ1) is 15.8. The summed E-state index contributed by atoms with van der Waals surface area (Å²) < 4.78 is 5.91. The van der Waals surface area contributed by atoms with E-state index >= 15 is 0 Å². The van der Waals surface area contributed by atoms with Crippen LogP contribution in [0.25, 0.3) is 11.0 Å². The number of rotatable bonds is 6. The lowest BCUT2D eigenvalue weighted by Gasteiger charge is -2.24. The van der Waals surface area contributed by atoms with Crippen LogP contribution in [0.4, 0.5) is 10.5 Å². The summed E-state index contributed by atoms with van der Waals surface area (Å²) in [4.78, 5) is 21.2. The van der Waals surface area contributed by atoms with Crippen molar-refractivity contribution < 1.29 is 9.53 Å². The zero-order chi connectivity index (χ0) is 24.0. The molecule has 3 rings (SSSR count). The third-order valence-electron chi connectivity index (χ3n) is 4.97. The first kappa shape index (κ1) is 23.8. The quantitative estimate of drug-likeness (QED) is 0.195. The van der Waals surface area contributed by atoms with Gasteiger partial charge in [-0.1, -0.05) is 31.2 Å². The van der Waals surface area contributed by atoms with Crippen molar-refractivity contribution in [3.63, 3.8) is 0 Å². The first-order valence-electron chi connectivity index (χ1n) is 10.4. The molecule has 0 fully saturated rings. The number of para-hydroxylation sites is 2. The summed E-state index contributed by atoms with van der Waals surface area (Å²) in [6.07, 6.45) is 2.20. The number of nitrogens with two attached hydrogens (primary N) is 2. The predicted octanol–water partition coefficient (Wildman–Crippen LogP) is 3.29. The van der Waals surface area contributed by atoms with Gasteiger partial charge in [0.1, 0.15) is 12.3 Å². The molecule has 0 spiro atoms. The number of anilines is 1. The highest BCUT2D eigenvalue weighted by atomic mass is 16.5. The standard InChI is InChI=1S/C23H28N8O2/c1-5-22(29-28-16(3)20-13-26-18-10-6-7-11-19(18)27-20)33-14-17-15(2)9-8-12-21(17)31(25)23(32)30(4)24/h6-13H,5,14,24-25H2,1-4H3/b28-16?,29-22+. The van der Waals surface area contributed by atoms with Gasteiger partial charge >= 0.3 is 6.03 Å². The number of hydrogen-bond acceptors (Lipinski definition) is 8. The van der Waals surface area contributed by atoms with E-state index in [-0.39, 0.29) is 6.61 Å². The van der Waals surface area contributed by atoms with Crippen LogP contribution in [-0.4, -0.2) is 39.7 Å². The van der Waals surface area contributed by atoms with E-state index in [0.29, 0.717) is 29.4 Å². The van der Waals surface area contributed by atoms with Gasteiger partial charge in [0, 0.05) is 19.0 Å². The number of benzene rings is 2. The van der Waals surface area contributed by atoms with Crippen LogP contribution in [0.1, 0.15) is 37.1 Å². The second-order valence-corrected chi connectivity index (χ2v) is 7.40. The van der Waals surface area contributed by atoms with Crippen LogP contribution in [0.3, 0.4) is 0 Å². The summed E-state index contributed by atoms with van der Waals surface area (Å²) in [6.45, 7) is 5.81. The number of fused-ring (bicyclic) bond motifs is 1. The number of aryl methyl sites for hydroxylation is 1. The van der Waals surface area contributed by atoms with Crippen molar-refractivity contribution in [2.45, 2.75) is 33.8 Å². The van der Waals surface area contributed by atoms with Crippen LogP contribution in [0.2, 0.25) is 0 Å². The van der Waals surface area contributed by atoms with Gasteiger partial charge in [-0.3, -0.25) is 9.99 Å². The molecule has 0 saturated carbocycles. The largest absolute Gasteiger partial charge is 0.475 e. The molecule has 172 valence electrons. The number of hydrazine groups is 2. The maximum Gasteiger partial charge on any atom is 0.352 e. The van der Waals surface area contributed by atoms with E-state index < -0.39 is 6.03 Å². The van der Waals surface area contributed by atoms with E-state index in [2.05, 4.69) is 20.2 Å². The topological polar surface area (TPSA) is 135 Å². The van der Waals surface area contributed by atoms with Crippen molar-refractivity contribution in [2.75, 3.05) is 12.1 Å². The fourth-order valence-corrected chi connectivity index (χ4v) is 3.04. The lowest BCUT2D eigenvalue weighted by atomic mass is 10.1. The SMILES string of the molecule is CC/C(=N\N=C(C)c1cnc2ccccc2n1)OCc1c(C)cccc1N(N)C(=O)N(C)N. The highest BCUT2D eigenvalue weighted by Gasteiger charge is 2.19. The van der Waals surface area contributed by atoms with E-state index in [1.807, 2.05) is 57.2 Å². The first-order valence-corrected chi connectivity index (χ1v) is 10.4. The van der Waals surface area contributed by atoms with Crippen LogP contribution in [0, 0.1) is 6.92 Å². The molecular weight excluding hydrogens is 420 g/mol. The maximum absolute atomic E-state index is 12.2. The zero-order valence-corrected chi connectivity index (χ0v) is 19.2. The van der Waals surface area contributed by atoms with E-state index in [4.69, 9.17) is 16.4 Å². The summed E-state index contributed by atoms with van der Waals surface area (Å²) in [5.41, 5.74) is 5.02. The molecule has 1 aromatic heterocycles. The number of amides is 2. The van der Waals surface area contributed by atoms with Gasteiger partial charge in [-0.2, -0.15) is 5.10 Å². The van der Waals surface area contributed by atoms with Crippen molar-refractivity contribution >= 4 is 34.4 Å². The highest BCUT2D eigenvalue weighted by Crippen LogP contribution is 2.24. The van der Waals surface area contributed by atoms with E-state index in [1.165, 1.54) is 7.05 Å². The van der Waals surface area contributed by atoms with Gasteiger partial charge in [0.05, 0.1) is 28.6 Å². The molecule has 2 aromatic carbocycles. The Kier molecular flexibility index (Phi) is 7.65. The maximum atomic E-state index is 12.2. The Morgan fingerprint density at radius 3 is 2.52 bits per heavy atom. The number of hydrogen-bond donors (Lipinski definition) is 2. The number of carbonyl (C=O) groups is 1. The van der Waals surface area contributed by atoms with Gasteiger partial charge < -0.3 is 4.74 Å². The molecule has 10 heteroatoms. The minimum absolute atomic E-state index is 0.161. The summed E-state index contributed by atoms with van der Waals surface area (Å²) in [7, 11) is 1.43. The monoisotopic (exact) mass is 448 g/mol. The fraction of sp³-hybridized carbons (Fsp3) is 0.261. The molecule has 33 heavy (non-hydrogen) atoms. The normalized spacial score (nSPS) is 12.1. The van der Waals surface area contributed by atoms with Gasteiger partial charge in [-0.25, -0.2) is 26.5 Å². The zero-order valence-electron chi connectivity index (χ0n) is 19.2. The molecule has 0 aliphatic carbocycles. The third-order valence-corrected chi connectivity index (χ3v) is 4.97. The Labute approximate surface area is 192 Å². The van der Waals surface area contributed by atoms with Crippen LogP contribution in [0.5, 0.6) is 0 Å². The minimum atomic E-state index is -0.553. The lowest BCUT2D eigenvalue weighted by Crippen LogP contribution is -2.49. The molecule has 0 radical (unpaired) electrons. The second-order valence-electron chi connectivity index (χ2n) is 7.40. The lowest BCUT2D eigenvalue weighted by molar-refractivity contribution is 0.216. The van der Waals surface area contributed by atoms with Crippen molar-refractivity contribution in [2.24, 2.45) is 21.9 Å². The Morgan fingerprint density at radius 2 is 1.82 bits per heavy atom. The van der Waals surface area contributed by atoms with E-state index in [9.17, 15) is 4.79 Å². The van der Waals surface area contributed by atoms with Crippen molar-refractivity contribution in [1.82, 2.24) is 15.0 Å². The minimum Gasteiger partial charge on any atom is -0.475 e. The van der Waals surface area contributed by atoms with Crippen LogP contribution in [-0.2, 0) is 11.3 Å². The van der Waals surface area contributed by atoms with Crippen LogP contribution in [0.15, 0.2) is 58.9 Å². The molecule has 0 saturated heterocycles. The molecule has 0 aliphatic heterocycles. The number of aromatic nitrogens is 2. The molecule has 1 heterocycles. The molecule has 0 aliphatic rings. The molecule has 3 aromatic rings. The molecule has 10 nitrogen and oxygen atoms in total. The Balaban J connectivity index is 1.79. The molecule has 0 atom stereocenters. The van der Waals surface area contributed by atoms with Gasteiger partial charge in [0.15, 0.2) is 0 Å². The number of carbonyl (C=O) groups excluding carboxylic acids is 1. The highest BCUT2D eigenvalue weighted by molar-refractivity contribution is 5.98. The smallest absolute Gasteiger partial charge is 0.352 e. The second kappa shape index (κ2) is 10.6. The summed E-state index contributed by atoms with van der Waals surface area (Å²) >= 11 is 0. The third kappa shape index (κ3) is 5.68. The van der Waals surface area contributed by atoms with E-state index in [1.54, 1.807) is 12.3 Å².